The second-order valence-corrected chi connectivity index (χ2v) is 8.22. The summed E-state index contributed by atoms with van der Waals surface area (Å²) in [5, 5.41) is 11.4. The van der Waals surface area contributed by atoms with Crippen molar-refractivity contribution in [2.45, 2.75) is 51.5 Å². The number of hydrogen-bond donors (Lipinski definition) is 1. The van der Waals surface area contributed by atoms with E-state index in [-0.39, 0.29) is 11.7 Å². The topological polar surface area (TPSA) is 59.8 Å². The number of hydrogen-bond acceptors (Lipinski definition) is 3. The second-order valence-electron chi connectivity index (χ2n) is 8.22. The Morgan fingerprint density at radius 1 is 1.17 bits per heavy atom. The molecule has 0 fully saturated rings. The Balaban J connectivity index is 1.52. The number of halogens is 1. The number of carbonyl (C=O) groups is 1. The number of benzene rings is 2. The predicted molar refractivity (Wildman–Crippen MR) is 110 cm³/mol. The van der Waals surface area contributed by atoms with Gasteiger partial charge in [0.05, 0.1) is 5.41 Å². The van der Waals surface area contributed by atoms with Crippen molar-refractivity contribution < 1.29 is 9.18 Å². The average Bonchev–Trinajstić information content (AvgIpc) is 3.08. The van der Waals surface area contributed by atoms with Crippen molar-refractivity contribution in [3.8, 4) is 0 Å². The smallest absolute Gasteiger partial charge is 0.234 e. The molecule has 0 spiro atoms. The Kier molecular flexibility index (Phi) is 4.94. The zero-order valence-electron chi connectivity index (χ0n) is 16.9. The minimum atomic E-state index is -0.850. The van der Waals surface area contributed by atoms with Gasteiger partial charge in [0.2, 0.25) is 5.91 Å². The van der Waals surface area contributed by atoms with E-state index >= 15 is 0 Å². The van der Waals surface area contributed by atoms with Gasteiger partial charge in [-0.15, -0.1) is 10.2 Å². The lowest BCUT2D eigenvalue weighted by atomic mass is 9.83. The fraction of sp³-hybridized carbons (Fsp3) is 0.348. The van der Waals surface area contributed by atoms with Gasteiger partial charge in [-0.3, -0.25) is 4.79 Å². The third-order valence-electron chi connectivity index (χ3n) is 5.86. The number of rotatable bonds is 4. The van der Waals surface area contributed by atoms with Crippen LogP contribution < -0.4 is 5.32 Å². The van der Waals surface area contributed by atoms with Crippen molar-refractivity contribution in [2.24, 2.45) is 0 Å². The highest BCUT2D eigenvalue weighted by atomic mass is 19.1. The predicted octanol–water partition coefficient (Wildman–Crippen LogP) is 4.37. The quantitative estimate of drug-likeness (QED) is 0.717. The molecule has 2 aromatic carbocycles. The fourth-order valence-electron chi connectivity index (χ4n) is 3.90. The van der Waals surface area contributed by atoms with Gasteiger partial charge in [0.15, 0.2) is 0 Å². The molecule has 1 atom stereocenters. The number of aromatic nitrogens is 3. The van der Waals surface area contributed by atoms with Gasteiger partial charge >= 0.3 is 0 Å². The Hall–Kier alpha value is -3.02. The number of nitrogens with one attached hydrogen (secondary N) is 1. The molecule has 1 aliphatic rings. The monoisotopic (exact) mass is 392 g/mol. The first kappa shape index (κ1) is 19.3. The molecule has 5 nitrogen and oxygen atoms in total. The van der Waals surface area contributed by atoms with Gasteiger partial charge in [-0.25, -0.2) is 4.39 Å². The summed E-state index contributed by atoms with van der Waals surface area (Å²) in [6.45, 7) is 6.43. The van der Waals surface area contributed by atoms with Crippen LogP contribution in [0.15, 0.2) is 48.5 Å². The molecule has 1 aromatic heterocycles. The van der Waals surface area contributed by atoms with Crippen LogP contribution >= 0.6 is 0 Å². The van der Waals surface area contributed by atoms with E-state index in [1.54, 1.807) is 26.0 Å². The summed E-state index contributed by atoms with van der Waals surface area (Å²) >= 11 is 0. The molecule has 2 heterocycles. The zero-order chi connectivity index (χ0) is 20.6. The summed E-state index contributed by atoms with van der Waals surface area (Å²) in [7, 11) is 0. The molecule has 3 aromatic rings. The molecule has 0 saturated carbocycles. The van der Waals surface area contributed by atoms with Crippen LogP contribution in [-0.2, 0) is 23.2 Å². The molecule has 0 bridgehead atoms. The summed E-state index contributed by atoms with van der Waals surface area (Å²) in [6, 6.07) is 14.2. The molecule has 1 N–H and O–H groups in total. The maximum Gasteiger partial charge on any atom is 0.234 e. The van der Waals surface area contributed by atoms with Crippen molar-refractivity contribution in [2.75, 3.05) is 5.32 Å². The van der Waals surface area contributed by atoms with Gasteiger partial charge < -0.3 is 9.88 Å². The standard InChI is InChI=1S/C23H25FN4O/c1-15-26-27-21-11-10-17(14-28(15)21)16-6-4-9-20(12-16)25-22(29)23(2,3)18-7-5-8-19(24)13-18/h4-9,12-13,17H,10-11,14H2,1-3H3,(H,25,29)/t17-/m1/s1. The van der Waals surface area contributed by atoms with Gasteiger partial charge in [-0.05, 0) is 62.6 Å². The molecule has 0 unspecified atom stereocenters. The highest BCUT2D eigenvalue weighted by Crippen LogP contribution is 2.31. The van der Waals surface area contributed by atoms with Crippen LogP contribution in [0, 0.1) is 12.7 Å². The van der Waals surface area contributed by atoms with E-state index < -0.39 is 5.41 Å². The molecule has 0 saturated heterocycles. The number of carbonyl (C=O) groups excluding carboxylic acids is 1. The Morgan fingerprint density at radius 3 is 2.76 bits per heavy atom. The Morgan fingerprint density at radius 2 is 1.97 bits per heavy atom. The molecule has 1 amide bonds. The van der Waals surface area contributed by atoms with Gasteiger partial charge in [0.25, 0.3) is 0 Å². The molecular weight excluding hydrogens is 367 g/mol. The van der Waals surface area contributed by atoms with Crippen molar-refractivity contribution >= 4 is 11.6 Å². The van der Waals surface area contributed by atoms with Crippen molar-refractivity contribution in [1.29, 1.82) is 0 Å². The van der Waals surface area contributed by atoms with Crippen molar-refractivity contribution in [3.05, 3.63) is 77.1 Å². The molecule has 29 heavy (non-hydrogen) atoms. The molecule has 150 valence electrons. The molecule has 1 aliphatic heterocycles. The Labute approximate surface area is 170 Å². The highest BCUT2D eigenvalue weighted by molar-refractivity contribution is 5.98. The number of amides is 1. The average molecular weight is 392 g/mol. The van der Waals surface area contributed by atoms with Crippen LogP contribution in [0.5, 0.6) is 0 Å². The van der Waals surface area contributed by atoms with E-state index in [1.165, 1.54) is 17.7 Å². The maximum atomic E-state index is 13.6. The van der Waals surface area contributed by atoms with Crippen LogP contribution in [0.1, 0.15) is 49.0 Å². The lowest BCUT2D eigenvalue weighted by Gasteiger charge is -2.26. The fourth-order valence-corrected chi connectivity index (χ4v) is 3.90. The minimum absolute atomic E-state index is 0.166. The van der Waals surface area contributed by atoms with E-state index in [9.17, 15) is 9.18 Å². The third kappa shape index (κ3) is 3.79. The van der Waals surface area contributed by atoms with E-state index in [0.717, 1.165) is 36.7 Å². The minimum Gasteiger partial charge on any atom is -0.325 e. The van der Waals surface area contributed by atoms with Gasteiger partial charge in [-0.2, -0.15) is 0 Å². The van der Waals surface area contributed by atoms with Crippen LogP contribution in [-0.4, -0.2) is 20.7 Å². The summed E-state index contributed by atoms with van der Waals surface area (Å²) in [5.74, 6) is 1.82. The van der Waals surface area contributed by atoms with Crippen LogP contribution in [0.4, 0.5) is 10.1 Å². The van der Waals surface area contributed by atoms with Crippen molar-refractivity contribution in [3.63, 3.8) is 0 Å². The zero-order valence-corrected chi connectivity index (χ0v) is 16.9. The number of anilines is 1. The van der Waals surface area contributed by atoms with Gasteiger partial charge in [0, 0.05) is 24.6 Å². The highest BCUT2D eigenvalue weighted by Gasteiger charge is 2.30. The van der Waals surface area contributed by atoms with E-state index in [4.69, 9.17) is 0 Å². The lowest BCUT2D eigenvalue weighted by Crippen LogP contribution is -2.34. The van der Waals surface area contributed by atoms with Gasteiger partial charge in [-0.1, -0.05) is 24.3 Å². The first-order valence-electron chi connectivity index (χ1n) is 9.91. The molecule has 0 radical (unpaired) electrons. The third-order valence-corrected chi connectivity index (χ3v) is 5.86. The first-order chi connectivity index (χ1) is 13.8. The molecule has 4 rings (SSSR count). The SMILES string of the molecule is Cc1nnc2n1C[C@H](c1cccc(NC(=O)C(C)(C)c3cccc(F)c3)c1)CC2. The largest absolute Gasteiger partial charge is 0.325 e. The lowest BCUT2D eigenvalue weighted by molar-refractivity contribution is -0.120. The summed E-state index contributed by atoms with van der Waals surface area (Å²) in [5.41, 5.74) is 1.74. The van der Waals surface area contributed by atoms with Gasteiger partial charge in [0.1, 0.15) is 17.5 Å². The second kappa shape index (κ2) is 7.43. The Bertz CT molecular complexity index is 1060. The maximum absolute atomic E-state index is 13.6. The summed E-state index contributed by atoms with van der Waals surface area (Å²) in [4.78, 5) is 13.0. The van der Waals surface area contributed by atoms with E-state index in [1.807, 2.05) is 25.1 Å². The van der Waals surface area contributed by atoms with Crippen LogP contribution in [0.25, 0.3) is 0 Å². The molecular formula is C23H25FN4O. The van der Waals surface area contributed by atoms with Crippen LogP contribution in [0.3, 0.4) is 0 Å². The van der Waals surface area contributed by atoms with Crippen molar-refractivity contribution in [1.82, 2.24) is 14.8 Å². The molecule has 0 aliphatic carbocycles. The van der Waals surface area contributed by atoms with Crippen LogP contribution in [0.2, 0.25) is 0 Å². The van der Waals surface area contributed by atoms with E-state index in [0.29, 0.717) is 11.5 Å². The number of fused-ring (bicyclic) bond motifs is 1. The normalized spacial score (nSPS) is 16.3. The number of aryl methyl sites for hydroxylation is 2. The first-order valence-corrected chi connectivity index (χ1v) is 9.91. The summed E-state index contributed by atoms with van der Waals surface area (Å²) < 4.78 is 15.8. The molecule has 6 heteroatoms. The van der Waals surface area contributed by atoms with E-state index in [2.05, 4.69) is 26.1 Å². The number of nitrogens with zero attached hydrogens (tertiary/aromatic N) is 3. The summed E-state index contributed by atoms with van der Waals surface area (Å²) in [6.07, 6.45) is 1.90.